The smallest absolute Gasteiger partial charge is 0.330 e. The summed E-state index contributed by atoms with van der Waals surface area (Å²) in [6.45, 7) is 20.5. The standard InChI is InChI=1S/C24H42O6/c1-11-19(25)29-18(15-22(5,6)12-2)16-28-21(27)23(7,8)14-17(4)20(26)30-24(9,10)13-3/h11,17-18H,1,12-16H2,2-10H3. The van der Waals surface area contributed by atoms with Crippen LogP contribution in [0.15, 0.2) is 12.7 Å². The van der Waals surface area contributed by atoms with E-state index in [0.717, 1.165) is 12.5 Å². The van der Waals surface area contributed by atoms with E-state index < -0.39 is 35.0 Å². The van der Waals surface area contributed by atoms with E-state index in [4.69, 9.17) is 14.2 Å². The molecule has 174 valence electrons. The van der Waals surface area contributed by atoms with Gasteiger partial charge in [-0.25, -0.2) is 4.79 Å². The molecular weight excluding hydrogens is 384 g/mol. The Morgan fingerprint density at radius 1 is 0.967 bits per heavy atom. The Balaban J connectivity index is 5.01. The summed E-state index contributed by atoms with van der Waals surface area (Å²) in [4.78, 5) is 36.8. The summed E-state index contributed by atoms with van der Waals surface area (Å²) < 4.78 is 16.4. The van der Waals surface area contributed by atoms with Gasteiger partial charge in [-0.15, -0.1) is 0 Å². The number of carbonyl (C=O) groups excluding carboxylic acids is 3. The Morgan fingerprint density at radius 2 is 1.53 bits per heavy atom. The third kappa shape index (κ3) is 10.3. The Bertz CT molecular complexity index is 603. The molecule has 0 saturated carbocycles. The molecule has 6 heteroatoms. The summed E-state index contributed by atoms with van der Waals surface area (Å²) in [6.07, 6.45) is 2.99. The van der Waals surface area contributed by atoms with Crippen molar-refractivity contribution >= 4 is 17.9 Å². The first kappa shape index (κ1) is 28.1. The highest BCUT2D eigenvalue weighted by molar-refractivity contribution is 5.81. The van der Waals surface area contributed by atoms with E-state index in [1.807, 2.05) is 20.8 Å². The molecule has 0 saturated heterocycles. The van der Waals surface area contributed by atoms with Crippen molar-refractivity contribution in [2.75, 3.05) is 6.61 Å². The van der Waals surface area contributed by atoms with Gasteiger partial charge in [0, 0.05) is 6.08 Å². The van der Waals surface area contributed by atoms with Crippen LogP contribution in [0.25, 0.3) is 0 Å². The van der Waals surface area contributed by atoms with Crippen molar-refractivity contribution < 1.29 is 28.6 Å². The average molecular weight is 427 g/mol. The SMILES string of the molecule is C=CC(=O)OC(COC(=O)C(C)(C)CC(C)C(=O)OC(C)(C)CC)CC(C)(C)CC. The minimum Gasteiger partial charge on any atom is -0.461 e. The lowest BCUT2D eigenvalue weighted by Crippen LogP contribution is -2.36. The maximum Gasteiger partial charge on any atom is 0.330 e. The molecule has 0 aromatic carbocycles. The maximum atomic E-state index is 12.7. The summed E-state index contributed by atoms with van der Waals surface area (Å²) in [6, 6.07) is 0. The van der Waals surface area contributed by atoms with Crippen molar-refractivity contribution in [3.63, 3.8) is 0 Å². The van der Waals surface area contributed by atoms with E-state index in [9.17, 15) is 14.4 Å². The average Bonchev–Trinajstić information content (AvgIpc) is 2.64. The van der Waals surface area contributed by atoms with Crippen LogP contribution in [0.5, 0.6) is 0 Å². The molecule has 0 aromatic rings. The molecule has 0 heterocycles. The van der Waals surface area contributed by atoms with Gasteiger partial charge in [-0.3, -0.25) is 9.59 Å². The fourth-order valence-corrected chi connectivity index (χ4v) is 2.85. The summed E-state index contributed by atoms with van der Waals surface area (Å²) >= 11 is 0. The van der Waals surface area contributed by atoms with E-state index in [2.05, 4.69) is 27.4 Å². The minimum atomic E-state index is -0.887. The molecule has 0 rings (SSSR count). The van der Waals surface area contributed by atoms with Gasteiger partial charge >= 0.3 is 17.9 Å². The Morgan fingerprint density at radius 3 is 2.00 bits per heavy atom. The van der Waals surface area contributed by atoms with Gasteiger partial charge in [-0.2, -0.15) is 0 Å². The third-order valence-corrected chi connectivity index (χ3v) is 5.59. The Kier molecular flexibility index (Phi) is 10.8. The minimum absolute atomic E-state index is 0.0348. The zero-order chi connectivity index (χ0) is 23.8. The molecule has 2 unspecified atom stereocenters. The topological polar surface area (TPSA) is 78.9 Å². The number of carbonyl (C=O) groups is 3. The van der Waals surface area contributed by atoms with Gasteiger partial charge in [0.05, 0.1) is 11.3 Å². The summed E-state index contributed by atoms with van der Waals surface area (Å²) in [5.74, 6) is -1.76. The second-order valence-corrected chi connectivity index (χ2v) is 10.1. The summed E-state index contributed by atoms with van der Waals surface area (Å²) in [5.41, 5.74) is -1.50. The largest absolute Gasteiger partial charge is 0.461 e. The summed E-state index contributed by atoms with van der Waals surface area (Å²) in [7, 11) is 0. The van der Waals surface area contributed by atoms with Crippen LogP contribution in [0.2, 0.25) is 0 Å². The van der Waals surface area contributed by atoms with Crippen LogP contribution < -0.4 is 0 Å². The van der Waals surface area contributed by atoms with Gasteiger partial charge in [0.15, 0.2) is 0 Å². The first-order valence-electron chi connectivity index (χ1n) is 10.8. The number of esters is 3. The number of hydrogen-bond donors (Lipinski definition) is 0. The van der Waals surface area contributed by atoms with Gasteiger partial charge in [-0.05, 0) is 52.4 Å². The fourth-order valence-electron chi connectivity index (χ4n) is 2.85. The molecule has 30 heavy (non-hydrogen) atoms. The molecule has 6 nitrogen and oxygen atoms in total. The highest BCUT2D eigenvalue weighted by Gasteiger charge is 2.36. The predicted molar refractivity (Wildman–Crippen MR) is 118 cm³/mol. The molecule has 0 N–H and O–H groups in total. The number of rotatable bonds is 13. The summed E-state index contributed by atoms with van der Waals surface area (Å²) in [5, 5.41) is 0. The molecule has 0 aliphatic heterocycles. The van der Waals surface area contributed by atoms with Crippen molar-refractivity contribution in [2.24, 2.45) is 16.7 Å². The molecular formula is C24H42O6. The normalized spacial score (nSPS) is 14.4. The van der Waals surface area contributed by atoms with Crippen molar-refractivity contribution in [1.82, 2.24) is 0 Å². The molecule has 0 fully saturated rings. The highest BCUT2D eigenvalue weighted by Crippen LogP contribution is 2.31. The number of ether oxygens (including phenoxy) is 3. The van der Waals surface area contributed by atoms with Crippen LogP contribution >= 0.6 is 0 Å². The number of hydrogen-bond acceptors (Lipinski definition) is 6. The second kappa shape index (κ2) is 11.5. The van der Waals surface area contributed by atoms with Crippen LogP contribution in [0.1, 0.15) is 88.0 Å². The lowest BCUT2D eigenvalue weighted by Gasteiger charge is -2.30. The molecule has 0 bridgehead atoms. The molecule has 2 atom stereocenters. The van der Waals surface area contributed by atoms with Crippen LogP contribution in [0.4, 0.5) is 0 Å². The lowest BCUT2D eigenvalue weighted by atomic mass is 9.83. The van der Waals surface area contributed by atoms with E-state index in [1.54, 1.807) is 20.8 Å². The predicted octanol–water partition coefficient (Wildman–Crippen LogP) is 5.24. The van der Waals surface area contributed by atoms with Gasteiger partial charge in [0.25, 0.3) is 0 Å². The van der Waals surface area contributed by atoms with Crippen molar-refractivity contribution in [3.8, 4) is 0 Å². The van der Waals surface area contributed by atoms with Gasteiger partial charge in [0.2, 0.25) is 0 Å². The third-order valence-electron chi connectivity index (χ3n) is 5.59. The van der Waals surface area contributed by atoms with E-state index in [-0.39, 0.29) is 18.0 Å². The van der Waals surface area contributed by atoms with E-state index in [0.29, 0.717) is 19.3 Å². The van der Waals surface area contributed by atoms with Crippen molar-refractivity contribution in [2.45, 2.75) is 99.7 Å². The molecule has 0 aliphatic rings. The fraction of sp³-hybridized carbons (Fsp3) is 0.792. The van der Waals surface area contributed by atoms with Crippen LogP contribution in [-0.4, -0.2) is 36.2 Å². The van der Waals surface area contributed by atoms with Crippen LogP contribution in [-0.2, 0) is 28.6 Å². The zero-order valence-electron chi connectivity index (χ0n) is 20.4. The lowest BCUT2D eigenvalue weighted by molar-refractivity contribution is -0.168. The van der Waals surface area contributed by atoms with Gasteiger partial charge in [-0.1, -0.05) is 47.6 Å². The monoisotopic (exact) mass is 426 g/mol. The Labute approximate surface area is 182 Å². The second-order valence-electron chi connectivity index (χ2n) is 10.1. The molecule has 0 amide bonds. The van der Waals surface area contributed by atoms with Crippen LogP contribution in [0, 0.1) is 16.7 Å². The Hall–Kier alpha value is -1.85. The zero-order valence-corrected chi connectivity index (χ0v) is 20.4. The van der Waals surface area contributed by atoms with Crippen LogP contribution in [0.3, 0.4) is 0 Å². The van der Waals surface area contributed by atoms with Crippen molar-refractivity contribution in [1.29, 1.82) is 0 Å². The van der Waals surface area contributed by atoms with Gasteiger partial charge < -0.3 is 14.2 Å². The molecule has 0 aliphatic carbocycles. The quantitative estimate of drug-likeness (QED) is 0.228. The van der Waals surface area contributed by atoms with E-state index >= 15 is 0 Å². The maximum absolute atomic E-state index is 12.7. The molecule has 0 aromatic heterocycles. The van der Waals surface area contributed by atoms with Gasteiger partial charge in [0.1, 0.15) is 18.3 Å². The van der Waals surface area contributed by atoms with E-state index in [1.165, 1.54) is 0 Å². The first-order valence-corrected chi connectivity index (χ1v) is 10.8. The molecule has 0 radical (unpaired) electrons. The van der Waals surface area contributed by atoms with Crippen molar-refractivity contribution in [3.05, 3.63) is 12.7 Å². The first-order chi connectivity index (χ1) is 13.6. The highest BCUT2D eigenvalue weighted by atomic mass is 16.6. The molecule has 0 spiro atoms.